The monoisotopic (exact) mass is 374 g/mol. The van der Waals surface area contributed by atoms with Crippen molar-refractivity contribution in [3.05, 3.63) is 76.6 Å². The van der Waals surface area contributed by atoms with Crippen LogP contribution in [0.5, 0.6) is 0 Å². The van der Waals surface area contributed by atoms with Crippen LogP contribution in [0.3, 0.4) is 0 Å². The number of anilines is 3. The van der Waals surface area contributed by atoms with Gasteiger partial charge in [0.05, 0.1) is 5.56 Å². The van der Waals surface area contributed by atoms with Gasteiger partial charge in [0.2, 0.25) is 5.95 Å². The van der Waals surface area contributed by atoms with Crippen LogP contribution in [0.15, 0.2) is 48.8 Å². The predicted octanol–water partition coefficient (Wildman–Crippen LogP) is 5.52. The van der Waals surface area contributed by atoms with Gasteiger partial charge < -0.3 is 10.6 Å². The molecule has 5 nitrogen and oxygen atoms in total. The number of hydrogen-bond acceptors (Lipinski definition) is 4. The molecule has 0 aliphatic heterocycles. The van der Waals surface area contributed by atoms with Gasteiger partial charge in [0.1, 0.15) is 0 Å². The van der Waals surface area contributed by atoms with E-state index in [0.29, 0.717) is 17.4 Å². The summed E-state index contributed by atoms with van der Waals surface area (Å²) < 4.78 is 0. The number of aromatic nitrogens is 2. The summed E-state index contributed by atoms with van der Waals surface area (Å²) in [4.78, 5) is 21.3. The number of benzene rings is 2. The number of carbonyl (C=O) groups is 1. The molecule has 0 saturated carbocycles. The Morgan fingerprint density at radius 3 is 2.25 bits per heavy atom. The van der Waals surface area contributed by atoms with Crippen LogP contribution in [-0.2, 0) is 0 Å². The zero-order chi connectivity index (χ0) is 20.3. The highest BCUT2D eigenvalue weighted by Gasteiger charge is 2.14. The smallest absolute Gasteiger partial charge is 0.258 e. The number of nitrogens with zero attached hydrogens (tertiary/aromatic N) is 2. The molecule has 0 fully saturated rings. The Bertz CT molecular complexity index is 994. The van der Waals surface area contributed by atoms with Gasteiger partial charge in [-0.15, -0.1) is 0 Å². The largest absolute Gasteiger partial charge is 0.324 e. The molecule has 3 aromatic rings. The number of nitrogens with one attached hydrogen (secondary N) is 2. The second-order valence-corrected chi connectivity index (χ2v) is 7.32. The maximum atomic E-state index is 12.7. The van der Waals surface area contributed by atoms with Crippen molar-refractivity contribution < 1.29 is 4.79 Å². The van der Waals surface area contributed by atoms with Crippen molar-refractivity contribution in [2.45, 2.75) is 40.5 Å². The molecule has 1 amide bonds. The van der Waals surface area contributed by atoms with E-state index in [-0.39, 0.29) is 5.91 Å². The van der Waals surface area contributed by atoms with Gasteiger partial charge in [-0.2, -0.15) is 0 Å². The van der Waals surface area contributed by atoms with E-state index in [4.69, 9.17) is 0 Å². The van der Waals surface area contributed by atoms with Gasteiger partial charge in [-0.3, -0.25) is 4.79 Å². The number of rotatable bonds is 5. The molecular weight excluding hydrogens is 348 g/mol. The first-order valence-electron chi connectivity index (χ1n) is 9.43. The van der Waals surface area contributed by atoms with Crippen LogP contribution < -0.4 is 10.6 Å². The molecule has 0 unspecified atom stereocenters. The first kappa shape index (κ1) is 19.5. The summed E-state index contributed by atoms with van der Waals surface area (Å²) >= 11 is 0. The standard InChI is InChI=1S/C23H26N4O/c1-14(2)19-10-6-9-16(4)21(19)27-22(28)18-12-24-23(25-13-18)26-20-11-7-8-15(3)17(20)5/h6-14H,1-5H3,(H,27,28)(H,24,25,26). The van der Waals surface area contributed by atoms with E-state index in [1.54, 1.807) is 12.4 Å². The lowest BCUT2D eigenvalue weighted by Crippen LogP contribution is -2.15. The summed E-state index contributed by atoms with van der Waals surface area (Å²) in [6, 6.07) is 12.1. The van der Waals surface area contributed by atoms with E-state index in [1.807, 2.05) is 44.2 Å². The second kappa shape index (κ2) is 8.21. The Labute approximate surface area is 166 Å². The Kier molecular flexibility index (Phi) is 5.73. The quantitative estimate of drug-likeness (QED) is 0.617. The number of amides is 1. The molecule has 0 aliphatic rings. The molecule has 0 bridgehead atoms. The van der Waals surface area contributed by atoms with Crippen LogP contribution in [0.4, 0.5) is 17.3 Å². The predicted molar refractivity (Wildman–Crippen MR) is 114 cm³/mol. The summed E-state index contributed by atoms with van der Waals surface area (Å²) in [7, 11) is 0. The molecule has 5 heteroatoms. The number of carbonyl (C=O) groups excluding carboxylic acids is 1. The van der Waals surface area contributed by atoms with E-state index >= 15 is 0 Å². The van der Waals surface area contributed by atoms with Crippen LogP contribution in [0, 0.1) is 20.8 Å². The third kappa shape index (κ3) is 4.19. The number of aryl methyl sites for hydroxylation is 2. The lowest BCUT2D eigenvalue weighted by atomic mass is 9.98. The Balaban J connectivity index is 1.77. The molecule has 0 atom stereocenters. The van der Waals surface area contributed by atoms with Gasteiger partial charge in [-0.25, -0.2) is 9.97 Å². The van der Waals surface area contributed by atoms with Crippen molar-refractivity contribution in [3.63, 3.8) is 0 Å². The lowest BCUT2D eigenvalue weighted by molar-refractivity contribution is 0.102. The maximum Gasteiger partial charge on any atom is 0.258 e. The summed E-state index contributed by atoms with van der Waals surface area (Å²) in [6.45, 7) is 10.3. The first-order chi connectivity index (χ1) is 13.4. The van der Waals surface area contributed by atoms with Crippen LogP contribution in [0.2, 0.25) is 0 Å². The van der Waals surface area contributed by atoms with Crippen molar-refractivity contribution in [1.82, 2.24) is 9.97 Å². The van der Waals surface area contributed by atoms with Gasteiger partial charge in [0, 0.05) is 23.8 Å². The zero-order valence-electron chi connectivity index (χ0n) is 17.0. The third-order valence-corrected chi connectivity index (χ3v) is 4.93. The molecule has 0 radical (unpaired) electrons. The van der Waals surface area contributed by atoms with Crippen LogP contribution in [0.1, 0.15) is 52.4 Å². The summed E-state index contributed by atoms with van der Waals surface area (Å²) in [6.07, 6.45) is 3.09. The minimum Gasteiger partial charge on any atom is -0.324 e. The van der Waals surface area contributed by atoms with Crippen molar-refractivity contribution in [1.29, 1.82) is 0 Å². The van der Waals surface area contributed by atoms with E-state index in [2.05, 4.69) is 47.4 Å². The summed E-state index contributed by atoms with van der Waals surface area (Å²) in [5, 5.41) is 6.23. The average Bonchev–Trinajstić information content (AvgIpc) is 2.67. The molecule has 144 valence electrons. The highest BCUT2D eigenvalue weighted by Crippen LogP contribution is 2.28. The molecule has 28 heavy (non-hydrogen) atoms. The Morgan fingerprint density at radius 1 is 0.929 bits per heavy atom. The van der Waals surface area contributed by atoms with Crippen LogP contribution in [0.25, 0.3) is 0 Å². The van der Waals surface area contributed by atoms with E-state index < -0.39 is 0 Å². The fourth-order valence-corrected chi connectivity index (χ4v) is 3.04. The third-order valence-electron chi connectivity index (χ3n) is 4.93. The molecule has 1 aromatic heterocycles. The minimum absolute atomic E-state index is 0.213. The van der Waals surface area contributed by atoms with Crippen molar-refractivity contribution >= 4 is 23.2 Å². The topological polar surface area (TPSA) is 66.9 Å². The van der Waals surface area contributed by atoms with Gasteiger partial charge in [-0.1, -0.05) is 44.2 Å². The second-order valence-electron chi connectivity index (χ2n) is 7.32. The average molecular weight is 374 g/mol. The molecule has 0 saturated heterocycles. The number of para-hydroxylation sites is 1. The van der Waals surface area contributed by atoms with Gasteiger partial charge in [-0.05, 0) is 55.0 Å². The van der Waals surface area contributed by atoms with E-state index in [0.717, 1.165) is 28.1 Å². The normalized spacial score (nSPS) is 10.8. The molecule has 2 aromatic carbocycles. The van der Waals surface area contributed by atoms with Gasteiger partial charge >= 0.3 is 0 Å². The summed E-state index contributed by atoms with van der Waals surface area (Å²) in [5.41, 5.74) is 6.73. The highest BCUT2D eigenvalue weighted by molar-refractivity contribution is 6.04. The fraction of sp³-hybridized carbons (Fsp3) is 0.261. The Hall–Kier alpha value is -3.21. The highest BCUT2D eigenvalue weighted by atomic mass is 16.1. The maximum absolute atomic E-state index is 12.7. The fourth-order valence-electron chi connectivity index (χ4n) is 3.04. The van der Waals surface area contributed by atoms with Crippen LogP contribution >= 0.6 is 0 Å². The van der Waals surface area contributed by atoms with Crippen molar-refractivity contribution in [3.8, 4) is 0 Å². The molecule has 0 spiro atoms. The molecule has 3 rings (SSSR count). The molecular formula is C23H26N4O. The zero-order valence-corrected chi connectivity index (χ0v) is 17.0. The molecule has 0 aliphatic carbocycles. The van der Waals surface area contributed by atoms with E-state index in [9.17, 15) is 4.79 Å². The SMILES string of the molecule is Cc1cccc(Nc2ncc(C(=O)Nc3c(C)cccc3C(C)C)cn2)c1C. The Morgan fingerprint density at radius 2 is 1.57 bits per heavy atom. The van der Waals surface area contributed by atoms with Crippen molar-refractivity contribution in [2.24, 2.45) is 0 Å². The first-order valence-corrected chi connectivity index (χ1v) is 9.43. The number of hydrogen-bond donors (Lipinski definition) is 2. The minimum atomic E-state index is -0.213. The summed E-state index contributed by atoms with van der Waals surface area (Å²) in [5.74, 6) is 0.564. The lowest BCUT2D eigenvalue weighted by Gasteiger charge is -2.16. The van der Waals surface area contributed by atoms with E-state index in [1.165, 1.54) is 5.56 Å². The van der Waals surface area contributed by atoms with Gasteiger partial charge in [0.15, 0.2) is 0 Å². The van der Waals surface area contributed by atoms with Gasteiger partial charge in [0.25, 0.3) is 5.91 Å². The van der Waals surface area contributed by atoms with Crippen molar-refractivity contribution in [2.75, 3.05) is 10.6 Å². The molecule has 1 heterocycles. The van der Waals surface area contributed by atoms with Crippen LogP contribution in [-0.4, -0.2) is 15.9 Å². The molecule has 2 N–H and O–H groups in total.